The van der Waals surface area contributed by atoms with Gasteiger partial charge in [-0.3, -0.25) is 4.79 Å². The molecule has 7 heteroatoms. The van der Waals surface area contributed by atoms with Crippen LogP contribution in [-0.2, 0) is 4.79 Å². The normalized spacial score (nSPS) is 11.8. The van der Waals surface area contributed by atoms with Crippen molar-refractivity contribution in [2.75, 3.05) is 29.9 Å². The van der Waals surface area contributed by atoms with Crippen LogP contribution in [-0.4, -0.2) is 24.7 Å². The highest BCUT2D eigenvalue weighted by molar-refractivity contribution is 7.99. The van der Waals surface area contributed by atoms with Gasteiger partial charge in [0.2, 0.25) is 12.7 Å². The molecule has 94 valence electrons. The molecule has 0 saturated carbocycles. The molecule has 1 heterocycles. The van der Waals surface area contributed by atoms with Crippen molar-refractivity contribution in [2.24, 2.45) is 0 Å². The predicted octanol–water partition coefficient (Wildman–Crippen LogP) is 1.72. The minimum absolute atomic E-state index is 0. The summed E-state index contributed by atoms with van der Waals surface area (Å²) in [4.78, 5) is 11.4. The molecular formula is C10H13ClN2O3S. The number of nitrogens with two attached hydrogens (primary N) is 1. The minimum atomic E-state index is -0.0851. The monoisotopic (exact) mass is 276 g/mol. The first-order chi connectivity index (χ1) is 7.70. The Morgan fingerprint density at radius 2 is 2.12 bits per heavy atom. The molecule has 3 N–H and O–H groups in total. The Bertz CT molecular complexity index is 428. The Hall–Kier alpha value is -1.27. The quantitative estimate of drug-likeness (QED) is 0.823. The number of carbonyl (C=O) groups is 1. The zero-order chi connectivity index (χ0) is 11.5. The van der Waals surface area contributed by atoms with E-state index in [1.807, 2.05) is 6.26 Å². The number of thioether (sulfide) groups is 1. The van der Waals surface area contributed by atoms with Crippen molar-refractivity contribution < 1.29 is 14.3 Å². The van der Waals surface area contributed by atoms with E-state index in [2.05, 4.69) is 5.32 Å². The summed E-state index contributed by atoms with van der Waals surface area (Å²) in [6.07, 6.45) is 1.86. The summed E-state index contributed by atoms with van der Waals surface area (Å²) in [5, 5.41) is 2.72. The van der Waals surface area contributed by atoms with Crippen LogP contribution in [0.2, 0.25) is 0 Å². The maximum Gasteiger partial charge on any atom is 0.234 e. The van der Waals surface area contributed by atoms with Crippen molar-refractivity contribution >= 4 is 41.5 Å². The zero-order valence-electron chi connectivity index (χ0n) is 9.19. The molecule has 0 aliphatic carbocycles. The maximum atomic E-state index is 11.4. The van der Waals surface area contributed by atoms with Gasteiger partial charge in [0.05, 0.1) is 17.1 Å². The average Bonchev–Trinajstić information content (AvgIpc) is 2.65. The highest BCUT2D eigenvalue weighted by Crippen LogP contribution is 2.38. The second-order valence-corrected chi connectivity index (χ2v) is 4.14. The Balaban J connectivity index is 0.00000144. The number of benzene rings is 1. The fraction of sp³-hybridized carbons (Fsp3) is 0.300. The van der Waals surface area contributed by atoms with Crippen molar-refractivity contribution in [3.63, 3.8) is 0 Å². The van der Waals surface area contributed by atoms with Gasteiger partial charge in [0, 0.05) is 12.1 Å². The van der Waals surface area contributed by atoms with Crippen molar-refractivity contribution in [2.45, 2.75) is 0 Å². The van der Waals surface area contributed by atoms with Gasteiger partial charge in [0.1, 0.15) is 0 Å². The minimum Gasteiger partial charge on any atom is -0.454 e. The lowest BCUT2D eigenvalue weighted by atomic mass is 10.2. The second kappa shape index (κ2) is 5.88. The van der Waals surface area contributed by atoms with E-state index >= 15 is 0 Å². The van der Waals surface area contributed by atoms with Crippen LogP contribution in [0.1, 0.15) is 0 Å². The van der Waals surface area contributed by atoms with Gasteiger partial charge >= 0.3 is 0 Å². The molecular weight excluding hydrogens is 264 g/mol. The molecule has 1 aromatic rings. The first kappa shape index (κ1) is 13.8. The van der Waals surface area contributed by atoms with Crippen molar-refractivity contribution in [1.29, 1.82) is 0 Å². The van der Waals surface area contributed by atoms with Crippen LogP contribution < -0.4 is 20.5 Å². The number of anilines is 2. The van der Waals surface area contributed by atoms with Crippen molar-refractivity contribution in [1.82, 2.24) is 0 Å². The molecule has 0 spiro atoms. The van der Waals surface area contributed by atoms with Gasteiger partial charge in [-0.05, 0) is 6.26 Å². The van der Waals surface area contributed by atoms with E-state index in [1.54, 1.807) is 12.1 Å². The number of amides is 1. The van der Waals surface area contributed by atoms with Crippen LogP contribution in [0.4, 0.5) is 11.4 Å². The maximum absolute atomic E-state index is 11.4. The molecule has 5 nitrogen and oxygen atoms in total. The summed E-state index contributed by atoms with van der Waals surface area (Å²) in [5.74, 6) is 1.53. The molecule has 0 saturated heterocycles. The lowest BCUT2D eigenvalue weighted by molar-refractivity contribution is -0.113. The topological polar surface area (TPSA) is 73.6 Å². The van der Waals surface area contributed by atoms with Crippen molar-refractivity contribution in [3.8, 4) is 11.5 Å². The number of carbonyl (C=O) groups excluding carboxylic acids is 1. The van der Waals surface area contributed by atoms with Gasteiger partial charge in [0.25, 0.3) is 0 Å². The molecule has 1 aliphatic rings. The third kappa shape index (κ3) is 3.10. The van der Waals surface area contributed by atoms with Crippen molar-refractivity contribution in [3.05, 3.63) is 12.1 Å². The standard InChI is InChI=1S/C10H12N2O3S.ClH/c1-16-4-10(13)12-7-3-9-8(2-6(7)11)14-5-15-9;/h2-3H,4-5,11H2,1H3,(H,12,13);1H. The third-order valence-corrected chi connectivity index (χ3v) is 2.65. The van der Waals surface area contributed by atoms with E-state index in [4.69, 9.17) is 15.2 Å². The molecule has 1 aromatic carbocycles. The zero-order valence-corrected chi connectivity index (χ0v) is 10.8. The van der Waals surface area contributed by atoms with E-state index in [9.17, 15) is 4.79 Å². The molecule has 0 aromatic heterocycles. The molecule has 0 unspecified atom stereocenters. The molecule has 1 aliphatic heterocycles. The van der Waals surface area contributed by atoms with Gasteiger partial charge in [-0.2, -0.15) is 11.8 Å². The van der Waals surface area contributed by atoms with Crippen LogP contribution in [0.15, 0.2) is 12.1 Å². The summed E-state index contributed by atoms with van der Waals surface area (Å²) >= 11 is 1.45. The Morgan fingerprint density at radius 3 is 2.76 bits per heavy atom. The van der Waals surface area contributed by atoms with E-state index in [1.165, 1.54) is 11.8 Å². The van der Waals surface area contributed by atoms with E-state index in [0.717, 1.165) is 0 Å². The largest absolute Gasteiger partial charge is 0.454 e. The second-order valence-electron chi connectivity index (χ2n) is 3.27. The fourth-order valence-electron chi connectivity index (χ4n) is 1.38. The Morgan fingerprint density at radius 1 is 1.47 bits per heavy atom. The van der Waals surface area contributed by atoms with Crippen LogP contribution in [0.5, 0.6) is 11.5 Å². The molecule has 0 bridgehead atoms. The number of rotatable bonds is 3. The first-order valence-corrected chi connectivity index (χ1v) is 6.08. The number of nitrogen functional groups attached to an aromatic ring is 1. The van der Waals surface area contributed by atoms with E-state index < -0.39 is 0 Å². The summed E-state index contributed by atoms with van der Waals surface area (Å²) in [7, 11) is 0. The number of nitrogens with one attached hydrogen (secondary N) is 1. The third-order valence-electron chi connectivity index (χ3n) is 2.09. The number of hydrogen-bond donors (Lipinski definition) is 2. The Kier molecular flexibility index (Phi) is 4.77. The van der Waals surface area contributed by atoms with E-state index in [0.29, 0.717) is 28.6 Å². The summed E-state index contributed by atoms with van der Waals surface area (Å²) < 4.78 is 10.4. The molecule has 2 rings (SSSR count). The van der Waals surface area contributed by atoms with E-state index in [-0.39, 0.29) is 25.1 Å². The Labute approximate surface area is 109 Å². The van der Waals surface area contributed by atoms with Crippen LogP contribution in [0, 0.1) is 0 Å². The number of fused-ring (bicyclic) bond motifs is 1. The van der Waals surface area contributed by atoms with Gasteiger partial charge < -0.3 is 20.5 Å². The number of halogens is 1. The first-order valence-electron chi connectivity index (χ1n) is 4.68. The van der Waals surface area contributed by atoms with Gasteiger partial charge in [-0.25, -0.2) is 0 Å². The molecule has 17 heavy (non-hydrogen) atoms. The summed E-state index contributed by atoms with van der Waals surface area (Å²) in [6, 6.07) is 3.33. The lowest BCUT2D eigenvalue weighted by Gasteiger charge is -2.08. The van der Waals surface area contributed by atoms with Crippen LogP contribution in [0.25, 0.3) is 0 Å². The molecule has 0 atom stereocenters. The molecule has 1 amide bonds. The fourth-order valence-corrected chi connectivity index (χ4v) is 1.72. The lowest BCUT2D eigenvalue weighted by Crippen LogP contribution is -2.14. The number of hydrogen-bond acceptors (Lipinski definition) is 5. The van der Waals surface area contributed by atoms with Gasteiger partial charge in [-0.15, -0.1) is 12.4 Å². The average molecular weight is 277 g/mol. The van der Waals surface area contributed by atoms with Crippen LogP contribution in [0.3, 0.4) is 0 Å². The van der Waals surface area contributed by atoms with Gasteiger partial charge in [0.15, 0.2) is 11.5 Å². The number of ether oxygens (including phenoxy) is 2. The summed E-state index contributed by atoms with van der Waals surface area (Å²) in [5.41, 5.74) is 6.81. The molecule has 0 fully saturated rings. The highest BCUT2D eigenvalue weighted by Gasteiger charge is 2.16. The SMILES string of the molecule is CSCC(=O)Nc1cc2c(cc1N)OCO2.Cl. The predicted molar refractivity (Wildman–Crippen MR) is 71.2 cm³/mol. The van der Waals surface area contributed by atoms with Gasteiger partial charge in [-0.1, -0.05) is 0 Å². The van der Waals surface area contributed by atoms with Crippen LogP contribution >= 0.6 is 24.2 Å². The smallest absolute Gasteiger partial charge is 0.234 e. The highest BCUT2D eigenvalue weighted by atomic mass is 35.5. The summed E-state index contributed by atoms with van der Waals surface area (Å²) in [6.45, 7) is 0.191. The molecule has 0 radical (unpaired) electrons.